The zero-order chi connectivity index (χ0) is 28.2. The molecule has 0 atom stereocenters. The predicted molar refractivity (Wildman–Crippen MR) is 148 cm³/mol. The van der Waals surface area contributed by atoms with Gasteiger partial charge in [0.25, 0.3) is 15.9 Å². The van der Waals surface area contributed by atoms with Crippen LogP contribution in [0.15, 0.2) is 59.5 Å². The van der Waals surface area contributed by atoms with Gasteiger partial charge >= 0.3 is 12.1 Å². The number of nitrogens with one attached hydrogen (secondary N) is 1. The number of benzene rings is 2. The molecule has 0 saturated heterocycles. The number of anilines is 2. The molecule has 0 aliphatic carbocycles. The Kier molecular flexibility index (Phi) is 8.56. The molecular weight excluding hydrogens is 542 g/mol. The molecule has 12 heteroatoms. The highest BCUT2D eigenvalue weighted by molar-refractivity contribution is 7.92. The highest BCUT2D eigenvalue weighted by atomic mass is 32.2. The van der Waals surface area contributed by atoms with Crippen molar-refractivity contribution in [2.24, 2.45) is 0 Å². The second-order valence-electron chi connectivity index (χ2n) is 8.59. The number of ether oxygens (including phenoxy) is 2. The van der Waals surface area contributed by atoms with Crippen LogP contribution in [0.2, 0.25) is 0 Å². The van der Waals surface area contributed by atoms with Crippen LogP contribution >= 0.6 is 11.3 Å². The predicted octanol–water partition coefficient (Wildman–Crippen LogP) is 4.52. The van der Waals surface area contributed by atoms with Crippen molar-refractivity contribution in [3.05, 3.63) is 76.2 Å². The molecular formula is C27H29N3O7S2. The van der Waals surface area contributed by atoms with E-state index in [1.54, 1.807) is 49.1 Å². The van der Waals surface area contributed by atoms with E-state index in [0.29, 0.717) is 23.7 Å². The first-order chi connectivity index (χ1) is 18.7. The summed E-state index contributed by atoms with van der Waals surface area (Å²) in [5.74, 6) is -1.07. The summed E-state index contributed by atoms with van der Waals surface area (Å²) < 4.78 is 37.6. The van der Waals surface area contributed by atoms with Crippen molar-refractivity contribution < 1.29 is 32.3 Å². The van der Waals surface area contributed by atoms with Crippen molar-refractivity contribution in [3.63, 3.8) is 0 Å². The zero-order valence-corrected chi connectivity index (χ0v) is 23.4. The van der Waals surface area contributed by atoms with Gasteiger partial charge in [-0.1, -0.05) is 18.2 Å². The third kappa shape index (κ3) is 5.91. The molecule has 1 aliphatic rings. The van der Waals surface area contributed by atoms with Crippen molar-refractivity contribution in [1.82, 2.24) is 4.90 Å². The largest absolute Gasteiger partial charge is 0.462 e. The highest BCUT2D eigenvalue weighted by Crippen LogP contribution is 2.38. The molecule has 3 aromatic rings. The number of esters is 1. The van der Waals surface area contributed by atoms with Gasteiger partial charge < -0.3 is 19.7 Å². The number of rotatable bonds is 8. The van der Waals surface area contributed by atoms with E-state index < -0.39 is 28.0 Å². The number of carbonyl (C=O) groups is 3. The minimum atomic E-state index is -3.84. The fraction of sp³-hybridized carbons (Fsp3) is 0.296. The first kappa shape index (κ1) is 28.1. The maximum Gasteiger partial charge on any atom is 0.410 e. The number of amides is 2. The Morgan fingerprint density at radius 1 is 1.00 bits per heavy atom. The quantitative estimate of drug-likeness (QED) is 0.395. The van der Waals surface area contributed by atoms with Crippen LogP contribution in [-0.4, -0.2) is 58.1 Å². The summed E-state index contributed by atoms with van der Waals surface area (Å²) in [6.45, 7) is 4.47. The fourth-order valence-electron chi connectivity index (χ4n) is 4.17. The Balaban J connectivity index is 1.56. The van der Waals surface area contributed by atoms with Crippen molar-refractivity contribution in [3.8, 4) is 0 Å². The molecule has 0 fully saturated rings. The monoisotopic (exact) mass is 571 g/mol. The molecule has 2 aromatic carbocycles. The van der Waals surface area contributed by atoms with Gasteiger partial charge in [-0.15, -0.1) is 11.3 Å². The van der Waals surface area contributed by atoms with E-state index in [1.807, 2.05) is 0 Å². The Morgan fingerprint density at radius 3 is 2.31 bits per heavy atom. The van der Waals surface area contributed by atoms with Gasteiger partial charge in [0.05, 0.1) is 35.9 Å². The topological polar surface area (TPSA) is 122 Å². The number of para-hydroxylation sites is 1. The average Bonchev–Trinajstić information content (AvgIpc) is 3.30. The molecule has 206 valence electrons. The Morgan fingerprint density at radius 2 is 1.67 bits per heavy atom. The van der Waals surface area contributed by atoms with Gasteiger partial charge in [-0.05, 0) is 62.2 Å². The van der Waals surface area contributed by atoms with Gasteiger partial charge in [0.2, 0.25) is 0 Å². The van der Waals surface area contributed by atoms with E-state index in [2.05, 4.69) is 5.32 Å². The van der Waals surface area contributed by atoms with Crippen molar-refractivity contribution in [1.29, 1.82) is 0 Å². The lowest BCUT2D eigenvalue weighted by molar-refractivity contribution is 0.0526. The smallest absolute Gasteiger partial charge is 0.410 e. The van der Waals surface area contributed by atoms with Gasteiger partial charge in [0.15, 0.2) is 0 Å². The first-order valence-corrected chi connectivity index (χ1v) is 14.6. The van der Waals surface area contributed by atoms with Crippen LogP contribution in [0.25, 0.3) is 0 Å². The van der Waals surface area contributed by atoms with Gasteiger partial charge in [-0.25, -0.2) is 18.0 Å². The standard InChI is InChI=1S/C27H29N3O7S2/c1-4-36-26(32)23-21-15-16-30(27(33)37-5-2)17-22(21)38-25(23)28-24(31)18-11-13-20(14-12-18)39(34,35)29(3)19-9-7-6-8-10-19/h6-14H,4-5,15-17H2,1-3H3,(H,28,31). The molecule has 2 heterocycles. The van der Waals surface area contributed by atoms with E-state index in [0.717, 1.165) is 10.4 Å². The Hall–Kier alpha value is -3.90. The van der Waals surface area contributed by atoms with E-state index in [9.17, 15) is 22.8 Å². The summed E-state index contributed by atoms with van der Waals surface area (Å²) in [6.07, 6.45) is -0.0244. The second kappa shape index (κ2) is 11.9. The summed E-state index contributed by atoms with van der Waals surface area (Å²) in [4.78, 5) is 40.5. The number of carbonyl (C=O) groups excluding carboxylic acids is 3. The first-order valence-electron chi connectivity index (χ1n) is 12.4. The summed E-state index contributed by atoms with van der Waals surface area (Å²) >= 11 is 1.20. The molecule has 0 saturated carbocycles. The Labute approximate surface area is 231 Å². The lowest BCUT2D eigenvalue weighted by Gasteiger charge is -2.26. The molecule has 0 bridgehead atoms. The number of fused-ring (bicyclic) bond motifs is 1. The third-order valence-corrected chi connectivity index (χ3v) is 9.12. The third-order valence-electron chi connectivity index (χ3n) is 6.18. The summed E-state index contributed by atoms with van der Waals surface area (Å²) in [5.41, 5.74) is 1.73. The van der Waals surface area contributed by atoms with Crippen LogP contribution in [0.1, 0.15) is 45.0 Å². The van der Waals surface area contributed by atoms with Crippen LogP contribution in [0.3, 0.4) is 0 Å². The maximum absolute atomic E-state index is 13.1. The summed E-state index contributed by atoms with van der Waals surface area (Å²) in [6, 6.07) is 14.2. The molecule has 2 amide bonds. The van der Waals surface area contributed by atoms with Crippen molar-refractivity contribution >= 4 is 50.0 Å². The van der Waals surface area contributed by atoms with Crippen LogP contribution in [0, 0.1) is 0 Å². The summed E-state index contributed by atoms with van der Waals surface area (Å²) in [7, 11) is -2.37. The summed E-state index contributed by atoms with van der Waals surface area (Å²) in [5, 5.41) is 3.10. The molecule has 39 heavy (non-hydrogen) atoms. The molecule has 0 unspecified atom stereocenters. The minimum Gasteiger partial charge on any atom is -0.462 e. The molecule has 1 aromatic heterocycles. The highest BCUT2D eigenvalue weighted by Gasteiger charge is 2.31. The van der Waals surface area contributed by atoms with Crippen LogP contribution in [-0.2, 0) is 32.5 Å². The molecule has 4 rings (SSSR count). The number of sulfonamides is 1. The molecule has 1 N–H and O–H groups in total. The van der Waals surface area contributed by atoms with Gasteiger partial charge in [-0.2, -0.15) is 0 Å². The molecule has 1 aliphatic heterocycles. The van der Waals surface area contributed by atoms with Crippen LogP contribution < -0.4 is 9.62 Å². The molecule has 0 radical (unpaired) electrons. The minimum absolute atomic E-state index is 0.0308. The van der Waals surface area contributed by atoms with Gasteiger partial charge in [0.1, 0.15) is 5.00 Å². The lowest BCUT2D eigenvalue weighted by Crippen LogP contribution is -2.36. The van der Waals surface area contributed by atoms with Crippen molar-refractivity contribution in [2.45, 2.75) is 31.7 Å². The fourth-order valence-corrected chi connectivity index (χ4v) is 6.61. The maximum atomic E-state index is 13.1. The zero-order valence-electron chi connectivity index (χ0n) is 21.8. The normalized spacial score (nSPS) is 12.8. The van der Waals surface area contributed by atoms with E-state index in [-0.39, 0.29) is 35.8 Å². The SMILES string of the molecule is CCOC(=O)c1c(NC(=O)c2ccc(S(=O)(=O)N(C)c3ccccc3)cc2)sc2c1CCN(C(=O)OCC)C2. The van der Waals surface area contributed by atoms with Gasteiger partial charge in [-0.3, -0.25) is 9.10 Å². The average molecular weight is 572 g/mol. The number of nitrogens with zero attached hydrogens (tertiary/aromatic N) is 2. The van der Waals surface area contributed by atoms with E-state index in [1.165, 1.54) is 47.0 Å². The number of hydrogen-bond donors (Lipinski definition) is 1. The van der Waals surface area contributed by atoms with Crippen LogP contribution in [0.5, 0.6) is 0 Å². The second-order valence-corrected chi connectivity index (χ2v) is 11.7. The van der Waals surface area contributed by atoms with E-state index in [4.69, 9.17) is 9.47 Å². The number of hydrogen-bond acceptors (Lipinski definition) is 8. The van der Waals surface area contributed by atoms with Crippen molar-refractivity contribution in [2.75, 3.05) is 36.4 Å². The van der Waals surface area contributed by atoms with Gasteiger partial charge in [0, 0.05) is 24.0 Å². The molecule has 0 spiro atoms. The number of thiophene rings is 1. The van der Waals surface area contributed by atoms with Crippen LogP contribution in [0.4, 0.5) is 15.5 Å². The Bertz CT molecular complexity index is 1470. The molecule has 10 nitrogen and oxygen atoms in total. The van der Waals surface area contributed by atoms with E-state index >= 15 is 0 Å². The lowest BCUT2D eigenvalue weighted by atomic mass is 10.0.